The van der Waals surface area contributed by atoms with E-state index >= 15 is 0 Å². The summed E-state index contributed by atoms with van der Waals surface area (Å²) in [7, 11) is 3.07. The first-order valence-electron chi connectivity index (χ1n) is 11.5. The lowest BCUT2D eigenvalue weighted by atomic mass is 9.92. The fourth-order valence-corrected chi connectivity index (χ4v) is 4.53. The van der Waals surface area contributed by atoms with Crippen molar-refractivity contribution in [2.75, 3.05) is 27.8 Å². The van der Waals surface area contributed by atoms with E-state index in [1.165, 1.54) is 14.2 Å². The molecule has 0 aliphatic carbocycles. The molecule has 0 unspecified atom stereocenters. The van der Waals surface area contributed by atoms with E-state index in [-0.39, 0.29) is 25.1 Å². The molecule has 0 aromatic heterocycles. The van der Waals surface area contributed by atoms with Crippen LogP contribution in [0.2, 0.25) is 0 Å². The Balaban J connectivity index is 1.69. The van der Waals surface area contributed by atoms with E-state index in [9.17, 15) is 10.2 Å². The van der Waals surface area contributed by atoms with Gasteiger partial charge in [0.05, 0.1) is 0 Å². The Morgan fingerprint density at radius 1 is 0.556 bits per heavy atom. The van der Waals surface area contributed by atoms with Crippen molar-refractivity contribution in [1.82, 2.24) is 0 Å². The number of hydrogen-bond donors (Lipinski definition) is 2. The van der Waals surface area contributed by atoms with E-state index in [4.69, 9.17) is 18.9 Å². The van der Waals surface area contributed by atoms with Gasteiger partial charge in [0.25, 0.3) is 0 Å². The number of ether oxygens (including phenoxy) is 4. The molecular weight excluding hydrogens is 456 g/mol. The summed E-state index contributed by atoms with van der Waals surface area (Å²) in [4.78, 5) is 0. The molecule has 0 aliphatic heterocycles. The van der Waals surface area contributed by atoms with Crippen LogP contribution in [0.4, 0.5) is 0 Å². The van der Waals surface area contributed by atoms with Gasteiger partial charge in [-0.05, 0) is 44.8 Å². The van der Waals surface area contributed by atoms with Gasteiger partial charge >= 0.3 is 0 Å². The summed E-state index contributed by atoms with van der Waals surface area (Å²) in [5, 5.41) is 25.2. The van der Waals surface area contributed by atoms with Gasteiger partial charge in [-0.25, -0.2) is 0 Å². The number of methoxy groups -OCH3 is 2. The molecule has 0 saturated carbocycles. The Kier molecular flexibility index (Phi) is 6.62. The summed E-state index contributed by atoms with van der Waals surface area (Å²) < 4.78 is 21.8. The van der Waals surface area contributed by atoms with E-state index < -0.39 is 0 Å². The number of phenols is 2. The van der Waals surface area contributed by atoms with Crippen LogP contribution in [-0.4, -0.2) is 38.0 Å². The van der Waals surface area contributed by atoms with E-state index in [0.717, 1.165) is 43.8 Å². The largest absolute Gasteiger partial charge is 0.504 e. The lowest BCUT2D eigenvalue weighted by Crippen LogP contribution is -2.02. The summed E-state index contributed by atoms with van der Waals surface area (Å²) in [6.45, 7) is 0.0128. The topological polar surface area (TPSA) is 77.4 Å². The quantitative estimate of drug-likeness (QED) is 0.240. The number of phenolic OH excluding ortho intramolecular Hbond substituents is 2. The second-order valence-corrected chi connectivity index (χ2v) is 8.32. The third kappa shape index (κ3) is 4.28. The molecule has 2 N–H and O–H groups in total. The summed E-state index contributed by atoms with van der Waals surface area (Å²) >= 11 is 0. The molecule has 5 aromatic carbocycles. The van der Waals surface area contributed by atoms with E-state index in [1.807, 2.05) is 72.8 Å². The molecule has 5 rings (SSSR count). The van der Waals surface area contributed by atoms with E-state index in [2.05, 4.69) is 0 Å². The highest BCUT2D eigenvalue weighted by Crippen LogP contribution is 2.46. The average molecular weight is 483 g/mol. The normalized spacial score (nSPS) is 11.2. The van der Waals surface area contributed by atoms with Gasteiger partial charge in [-0.2, -0.15) is 0 Å². The Morgan fingerprint density at radius 3 is 1.33 bits per heavy atom. The molecule has 0 atom stereocenters. The molecule has 0 amide bonds. The predicted molar refractivity (Wildman–Crippen MR) is 141 cm³/mol. The zero-order chi connectivity index (χ0) is 25.1. The van der Waals surface area contributed by atoms with Crippen LogP contribution in [0, 0.1) is 0 Å². The molecule has 0 aliphatic rings. The zero-order valence-corrected chi connectivity index (χ0v) is 20.0. The highest BCUT2D eigenvalue weighted by Gasteiger charge is 2.19. The number of aromatic hydroxyl groups is 2. The maximum Gasteiger partial charge on any atom is 0.188 e. The SMILES string of the molecule is COCOc1c(O)cc2ccccc2c1-c1ccc(-c2c(OCOC)c(O)cc3ccccc23)cc1. The second kappa shape index (κ2) is 10.2. The van der Waals surface area contributed by atoms with Gasteiger partial charge in [0.1, 0.15) is 0 Å². The molecule has 6 heteroatoms. The molecular formula is C30H26O6. The van der Waals surface area contributed by atoms with Gasteiger partial charge in [-0.1, -0.05) is 72.8 Å². The van der Waals surface area contributed by atoms with Crippen molar-refractivity contribution in [2.45, 2.75) is 0 Å². The summed E-state index contributed by atoms with van der Waals surface area (Å²) in [6.07, 6.45) is 0. The molecule has 0 bridgehead atoms. The number of fused-ring (bicyclic) bond motifs is 2. The van der Waals surface area contributed by atoms with Gasteiger partial charge in [0, 0.05) is 25.3 Å². The van der Waals surface area contributed by atoms with Gasteiger partial charge in [-0.3, -0.25) is 0 Å². The summed E-state index contributed by atoms with van der Waals surface area (Å²) in [6, 6.07) is 26.9. The lowest BCUT2D eigenvalue weighted by Gasteiger charge is -2.18. The number of benzene rings is 5. The average Bonchev–Trinajstić information content (AvgIpc) is 2.90. The Bertz CT molecular complexity index is 1410. The van der Waals surface area contributed by atoms with Crippen LogP contribution < -0.4 is 9.47 Å². The summed E-state index contributed by atoms with van der Waals surface area (Å²) in [5.41, 5.74) is 3.26. The maximum absolute atomic E-state index is 10.7. The minimum atomic E-state index is 0.00641. The van der Waals surface area contributed by atoms with Crippen LogP contribution in [0.25, 0.3) is 43.8 Å². The molecule has 0 radical (unpaired) electrons. The maximum atomic E-state index is 10.7. The summed E-state index contributed by atoms with van der Waals surface area (Å²) in [5.74, 6) is 0.795. The van der Waals surface area contributed by atoms with Gasteiger partial charge in [-0.15, -0.1) is 0 Å². The van der Waals surface area contributed by atoms with Gasteiger partial charge < -0.3 is 29.2 Å². The first-order valence-corrected chi connectivity index (χ1v) is 11.5. The molecule has 5 aromatic rings. The van der Waals surface area contributed by atoms with Crippen molar-refractivity contribution in [3.05, 3.63) is 84.9 Å². The molecule has 0 spiro atoms. The fraction of sp³-hybridized carbons (Fsp3) is 0.133. The highest BCUT2D eigenvalue weighted by atomic mass is 16.7. The minimum Gasteiger partial charge on any atom is -0.504 e. The van der Waals surface area contributed by atoms with Crippen molar-refractivity contribution in [1.29, 1.82) is 0 Å². The van der Waals surface area contributed by atoms with Crippen LogP contribution in [0.1, 0.15) is 0 Å². The first-order chi connectivity index (χ1) is 17.6. The van der Waals surface area contributed by atoms with Crippen LogP contribution >= 0.6 is 0 Å². The van der Waals surface area contributed by atoms with E-state index in [0.29, 0.717) is 11.5 Å². The molecule has 6 nitrogen and oxygen atoms in total. The lowest BCUT2D eigenvalue weighted by molar-refractivity contribution is 0.0496. The molecule has 182 valence electrons. The van der Waals surface area contributed by atoms with Crippen LogP contribution in [0.5, 0.6) is 23.0 Å². The molecule has 0 fully saturated rings. The third-order valence-electron chi connectivity index (χ3n) is 6.07. The first kappa shape index (κ1) is 23.5. The van der Waals surface area contributed by atoms with E-state index in [1.54, 1.807) is 12.1 Å². The van der Waals surface area contributed by atoms with Crippen molar-refractivity contribution >= 4 is 21.5 Å². The fourth-order valence-electron chi connectivity index (χ4n) is 4.53. The minimum absolute atomic E-state index is 0.00641. The molecule has 36 heavy (non-hydrogen) atoms. The van der Waals surface area contributed by atoms with Crippen LogP contribution in [0.15, 0.2) is 84.9 Å². The highest BCUT2D eigenvalue weighted by molar-refractivity contribution is 6.04. The van der Waals surface area contributed by atoms with Crippen LogP contribution in [0.3, 0.4) is 0 Å². The standard InChI is InChI=1S/C30H26O6/c1-33-17-35-29-25(31)15-21-7-3-5-9-23(21)27(29)19-11-13-20(14-12-19)28-24-10-6-4-8-22(24)16-26(32)30(28)36-18-34-2/h3-16,31-32H,17-18H2,1-2H3. The smallest absolute Gasteiger partial charge is 0.188 e. The Labute approximate surface area is 208 Å². The van der Waals surface area contributed by atoms with Crippen molar-refractivity contribution in [3.63, 3.8) is 0 Å². The van der Waals surface area contributed by atoms with Crippen LogP contribution in [-0.2, 0) is 9.47 Å². The van der Waals surface area contributed by atoms with Gasteiger partial charge in [0.2, 0.25) is 0 Å². The monoisotopic (exact) mass is 482 g/mol. The molecule has 0 heterocycles. The Hall–Kier alpha value is -4.26. The van der Waals surface area contributed by atoms with Crippen molar-refractivity contribution in [2.24, 2.45) is 0 Å². The number of rotatable bonds is 8. The number of hydrogen-bond acceptors (Lipinski definition) is 6. The van der Waals surface area contributed by atoms with Crippen molar-refractivity contribution < 1.29 is 29.2 Å². The predicted octanol–water partition coefficient (Wildman–Crippen LogP) is 6.70. The Morgan fingerprint density at radius 2 is 0.944 bits per heavy atom. The van der Waals surface area contributed by atoms with Crippen molar-refractivity contribution in [3.8, 4) is 45.3 Å². The third-order valence-corrected chi connectivity index (χ3v) is 6.07. The zero-order valence-electron chi connectivity index (χ0n) is 20.0. The second-order valence-electron chi connectivity index (χ2n) is 8.32. The van der Waals surface area contributed by atoms with Gasteiger partial charge in [0.15, 0.2) is 36.6 Å². The molecule has 0 saturated heterocycles.